The summed E-state index contributed by atoms with van der Waals surface area (Å²) >= 11 is 1.53. The van der Waals surface area contributed by atoms with E-state index in [2.05, 4.69) is 11.9 Å². The monoisotopic (exact) mass is 361 g/mol. The molecule has 0 aliphatic heterocycles. The summed E-state index contributed by atoms with van der Waals surface area (Å²) in [5.74, 6) is -0.0464. The van der Waals surface area contributed by atoms with Crippen LogP contribution in [0.15, 0.2) is 48.5 Å². The fourth-order valence-electron chi connectivity index (χ4n) is 3.24. The molecule has 0 bridgehead atoms. The number of fused-ring (bicyclic) bond motifs is 2. The van der Waals surface area contributed by atoms with Gasteiger partial charge >= 0.3 is 0 Å². The van der Waals surface area contributed by atoms with E-state index in [0.717, 1.165) is 38.8 Å². The van der Waals surface area contributed by atoms with Crippen LogP contribution in [0, 0.1) is 6.92 Å². The van der Waals surface area contributed by atoms with Crippen LogP contribution >= 0.6 is 11.3 Å². The van der Waals surface area contributed by atoms with Gasteiger partial charge in [0.05, 0.1) is 21.3 Å². The number of nitrogens with zero attached hydrogens (tertiary/aromatic N) is 3. The smallest absolute Gasteiger partial charge is 0.260 e. The average Bonchev–Trinajstić information content (AvgIpc) is 3.10. The molecule has 0 aliphatic rings. The fourth-order valence-corrected chi connectivity index (χ4v) is 4.16. The van der Waals surface area contributed by atoms with Crippen molar-refractivity contribution in [2.45, 2.75) is 20.3 Å². The number of carbonyl (C=O) groups is 1. The third-order valence-electron chi connectivity index (χ3n) is 4.66. The van der Waals surface area contributed by atoms with Gasteiger partial charge in [-0.05, 0) is 37.1 Å². The Morgan fingerprint density at radius 1 is 1.04 bits per heavy atom. The number of thiazole rings is 1. The second-order valence-electron chi connectivity index (χ2n) is 6.26. The quantitative estimate of drug-likeness (QED) is 0.516. The number of para-hydroxylation sites is 2. The molecule has 0 radical (unpaired) electrons. The molecule has 0 N–H and O–H groups in total. The van der Waals surface area contributed by atoms with E-state index in [9.17, 15) is 4.79 Å². The first-order chi connectivity index (χ1) is 12.6. The van der Waals surface area contributed by atoms with E-state index in [0.29, 0.717) is 10.7 Å². The molecule has 4 aromatic rings. The van der Waals surface area contributed by atoms with Gasteiger partial charge in [0.25, 0.3) is 5.91 Å². The van der Waals surface area contributed by atoms with Crippen LogP contribution < -0.4 is 4.90 Å². The zero-order chi connectivity index (χ0) is 18.3. The lowest BCUT2D eigenvalue weighted by molar-refractivity contribution is 0.0994. The number of benzene rings is 2. The van der Waals surface area contributed by atoms with Crippen LogP contribution in [0.4, 0.5) is 5.13 Å². The van der Waals surface area contributed by atoms with Crippen molar-refractivity contribution >= 4 is 43.5 Å². The molecule has 26 heavy (non-hydrogen) atoms. The van der Waals surface area contributed by atoms with Gasteiger partial charge in [-0.25, -0.2) is 4.98 Å². The van der Waals surface area contributed by atoms with E-state index >= 15 is 0 Å². The Bertz CT molecular complexity index is 1100. The molecule has 4 nitrogen and oxygen atoms in total. The Hall–Kier alpha value is -2.79. The molecule has 1 amide bonds. The molecule has 2 aromatic carbocycles. The highest BCUT2D eigenvalue weighted by Crippen LogP contribution is 2.31. The molecule has 2 aromatic heterocycles. The maximum Gasteiger partial charge on any atom is 0.260 e. The molecule has 0 aliphatic carbocycles. The lowest BCUT2D eigenvalue weighted by Gasteiger charge is -2.18. The first kappa shape index (κ1) is 16.7. The third kappa shape index (κ3) is 2.65. The molecular weight excluding hydrogens is 342 g/mol. The fraction of sp³-hybridized carbons (Fsp3) is 0.190. The van der Waals surface area contributed by atoms with E-state index in [-0.39, 0.29) is 5.91 Å². The van der Waals surface area contributed by atoms with Gasteiger partial charge in [-0.2, -0.15) is 0 Å². The zero-order valence-electron chi connectivity index (χ0n) is 15.0. The minimum absolute atomic E-state index is 0.0464. The topological polar surface area (TPSA) is 46.1 Å². The molecule has 4 rings (SSSR count). The summed E-state index contributed by atoms with van der Waals surface area (Å²) in [6.45, 7) is 4.05. The normalized spacial score (nSPS) is 11.2. The highest BCUT2D eigenvalue weighted by molar-refractivity contribution is 7.22. The van der Waals surface area contributed by atoms with Gasteiger partial charge in [0.1, 0.15) is 0 Å². The number of pyridine rings is 1. The van der Waals surface area contributed by atoms with Gasteiger partial charge in [-0.15, -0.1) is 0 Å². The van der Waals surface area contributed by atoms with Gasteiger partial charge in [0.15, 0.2) is 5.13 Å². The summed E-state index contributed by atoms with van der Waals surface area (Å²) in [7, 11) is 1.79. The minimum atomic E-state index is -0.0464. The maximum atomic E-state index is 13.4. The average molecular weight is 361 g/mol. The van der Waals surface area contributed by atoms with Crippen LogP contribution in [0.5, 0.6) is 0 Å². The molecule has 0 unspecified atom stereocenters. The van der Waals surface area contributed by atoms with Crippen molar-refractivity contribution in [1.29, 1.82) is 0 Å². The largest absolute Gasteiger partial charge is 0.287 e. The predicted molar refractivity (Wildman–Crippen MR) is 108 cm³/mol. The van der Waals surface area contributed by atoms with Crippen molar-refractivity contribution in [1.82, 2.24) is 9.97 Å². The lowest BCUT2D eigenvalue weighted by atomic mass is 9.99. The Kier molecular flexibility index (Phi) is 4.17. The number of hydrogen-bond donors (Lipinski definition) is 0. The van der Waals surface area contributed by atoms with Crippen molar-refractivity contribution in [2.24, 2.45) is 0 Å². The second-order valence-corrected chi connectivity index (χ2v) is 7.27. The van der Waals surface area contributed by atoms with Gasteiger partial charge in [0.2, 0.25) is 0 Å². The van der Waals surface area contributed by atoms with E-state index in [1.165, 1.54) is 11.3 Å². The van der Waals surface area contributed by atoms with Crippen molar-refractivity contribution in [2.75, 3.05) is 11.9 Å². The van der Waals surface area contributed by atoms with Crippen molar-refractivity contribution in [3.8, 4) is 0 Å². The molecule has 5 heteroatoms. The highest BCUT2D eigenvalue weighted by Gasteiger charge is 2.23. The van der Waals surface area contributed by atoms with E-state index in [1.807, 2.05) is 55.5 Å². The standard InChI is InChI=1S/C21H19N3OS/c1-4-15-13(2)19(14-9-5-6-10-16(14)22-15)20(25)24(3)21-23-17-11-7-8-12-18(17)26-21/h5-12H,4H2,1-3H3. The molecule has 0 saturated carbocycles. The molecule has 0 atom stereocenters. The predicted octanol–water partition coefficient (Wildman–Crippen LogP) is 4.99. The van der Waals surface area contributed by atoms with Gasteiger partial charge in [0, 0.05) is 18.1 Å². The number of hydrogen-bond acceptors (Lipinski definition) is 4. The Balaban J connectivity index is 1.86. The van der Waals surface area contributed by atoms with Crippen LogP contribution in [0.25, 0.3) is 21.1 Å². The summed E-state index contributed by atoms with van der Waals surface area (Å²) in [6.07, 6.45) is 0.793. The summed E-state index contributed by atoms with van der Waals surface area (Å²) in [6, 6.07) is 15.8. The highest BCUT2D eigenvalue weighted by atomic mass is 32.1. The van der Waals surface area contributed by atoms with E-state index in [1.54, 1.807) is 11.9 Å². The van der Waals surface area contributed by atoms with Crippen LogP contribution in [-0.2, 0) is 6.42 Å². The summed E-state index contributed by atoms with van der Waals surface area (Å²) < 4.78 is 1.08. The SMILES string of the molecule is CCc1nc2ccccc2c(C(=O)N(C)c2nc3ccccc3s2)c1C. The molecule has 0 saturated heterocycles. The molecular formula is C21H19N3OS. The second kappa shape index (κ2) is 6.50. The number of aryl methyl sites for hydroxylation is 1. The van der Waals surface area contributed by atoms with Crippen LogP contribution in [0.1, 0.15) is 28.5 Å². The maximum absolute atomic E-state index is 13.4. The Labute approximate surface area is 156 Å². The molecule has 2 heterocycles. The Morgan fingerprint density at radius 3 is 2.46 bits per heavy atom. The van der Waals surface area contributed by atoms with Gasteiger partial charge < -0.3 is 0 Å². The number of amides is 1. The van der Waals surface area contributed by atoms with Crippen molar-refractivity contribution in [3.05, 3.63) is 65.4 Å². The van der Waals surface area contributed by atoms with E-state index < -0.39 is 0 Å². The minimum Gasteiger partial charge on any atom is -0.287 e. The number of rotatable bonds is 3. The summed E-state index contributed by atoms with van der Waals surface area (Å²) in [5.41, 5.74) is 4.40. The molecule has 0 fully saturated rings. The van der Waals surface area contributed by atoms with Gasteiger partial charge in [-0.3, -0.25) is 14.7 Å². The van der Waals surface area contributed by atoms with Crippen LogP contribution in [-0.4, -0.2) is 22.9 Å². The van der Waals surface area contributed by atoms with Crippen LogP contribution in [0.3, 0.4) is 0 Å². The first-order valence-corrected chi connectivity index (χ1v) is 9.43. The van der Waals surface area contributed by atoms with Crippen LogP contribution in [0.2, 0.25) is 0 Å². The van der Waals surface area contributed by atoms with Crippen molar-refractivity contribution in [3.63, 3.8) is 0 Å². The molecule has 0 spiro atoms. The molecule has 130 valence electrons. The first-order valence-electron chi connectivity index (χ1n) is 8.62. The van der Waals surface area contributed by atoms with Crippen molar-refractivity contribution < 1.29 is 4.79 Å². The summed E-state index contributed by atoms with van der Waals surface area (Å²) in [5, 5.41) is 1.59. The Morgan fingerprint density at radius 2 is 1.73 bits per heavy atom. The lowest BCUT2D eigenvalue weighted by Crippen LogP contribution is -2.27. The third-order valence-corrected chi connectivity index (χ3v) is 5.77. The number of anilines is 1. The van der Waals surface area contributed by atoms with Gasteiger partial charge in [-0.1, -0.05) is 48.6 Å². The van der Waals surface area contributed by atoms with E-state index in [4.69, 9.17) is 4.98 Å². The number of carbonyl (C=O) groups excluding carboxylic acids is 1. The summed E-state index contributed by atoms with van der Waals surface area (Å²) in [4.78, 5) is 24.4. The number of aromatic nitrogens is 2. The zero-order valence-corrected chi connectivity index (χ0v) is 15.8.